The minimum Gasteiger partial charge on any atom is -0.340 e. The van der Waals surface area contributed by atoms with Crippen LogP contribution in [0.3, 0.4) is 0 Å². The van der Waals surface area contributed by atoms with Crippen LogP contribution in [0.4, 0.5) is 24.5 Å². The zero-order chi connectivity index (χ0) is 20.2. The first-order valence-corrected chi connectivity index (χ1v) is 8.17. The number of amides is 2. The Balaban J connectivity index is 1.85. The number of hydrogen-bond acceptors (Lipinski definition) is 5. The molecule has 27 heavy (non-hydrogen) atoms. The van der Waals surface area contributed by atoms with Crippen molar-refractivity contribution in [3.05, 3.63) is 33.9 Å². The van der Waals surface area contributed by atoms with Gasteiger partial charge in [0.05, 0.1) is 17.2 Å². The number of nitrogens with zero attached hydrogens (tertiary/aromatic N) is 3. The van der Waals surface area contributed by atoms with E-state index in [2.05, 4.69) is 5.32 Å². The van der Waals surface area contributed by atoms with E-state index < -0.39 is 29.3 Å². The van der Waals surface area contributed by atoms with Gasteiger partial charge in [0.15, 0.2) is 0 Å². The summed E-state index contributed by atoms with van der Waals surface area (Å²) in [7, 11) is 0. The minimum atomic E-state index is -4.54. The Labute approximate surface area is 153 Å². The Bertz CT molecular complexity index is 731. The van der Waals surface area contributed by atoms with Gasteiger partial charge in [-0.05, 0) is 12.5 Å². The van der Waals surface area contributed by atoms with Crippen LogP contribution in [0.1, 0.15) is 12.0 Å². The standard InChI is InChI=1S/C16H19F3N4O4/c1-11-2-3-12(23(26)27)8-13(11)20-14(24)10-21-4-6-22(7-5-21)15(25)9-16(17,18)19/h2-3,8H,4-7,9-10H2,1H3,(H,20,24). The van der Waals surface area contributed by atoms with Gasteiger partial charge in [-0.1, -0.05) is 6.07 Å². The number of piperazine rings is 1. The highest BCUT2D eigenvalue weighted by atomic mass is 19.4. The van der Waals surface area contributed by atoms with Crippen LogP contribution in [0, 0.1) is 17.0 Å². The van der Waals surface area contributed by atoms with Gasteiger partial charge in [0, 0.05) is 38.3 Å². The maximum atomic E-state index is 12.3. The number of nitrogens with one attached hydrogen (secondary N) is 1. The van der Waals surface area contributed by atoms with E-state index in [-0.39, 0.29) is 38.4 Å². The largest absolute Gasteiger partial charge is 0.397 e. The van der Waals surface area contributed by atoms with Crippen molar-refractivity contribution in [1.82, 2.24) is 9.80 Å². The first-order chi connectivity index (χ1) is 12.5. The summed E-state index contributed by atoms with van der Waals surface area (Å²) in [6.07, 6.45) is -6.02. The molecule has 0 saturated carbocycles. The second-order valence-corrected chi connectivity index (χ2v) is 6.25. The van der Waals surface area contributed by atoms with Gasteiger partial charge >= 0.3 is 6.18 Å². The lowest BCUT2D eigenvalue weighted by atomic mass is 10.2. The van der Waals surface area contributed by atoms with E-state index in [0.717, 1.165) is 4.90 Å². The summed E-state index contributed by atoms with van der Waals surface area (Å²) in [5.74, 6) is -1.37. The second-order valence-electron chi connectivity index (χ2n) is 6.25. The van der Waals surface area contributed by atoms with Crippen molar-refractivity contribution in [3.8, 4) is 0 Å². The fourth-order valence-corrected chi connectivity index (χ4v) is 2.69. The summed E-state index contributed by atoms with van der Waals surface area (Å²) in [6.45, 7) is 2.43. The number of halogens is 3. The summed E-state index contributed by atoms with van der Waals surface area (Å²) in [6, 6.07) is 4.13. The smallest absolute Gasteiger partial charge is 0.340 e. The number of alkyl halides is 3. The molecule has 1 aliphatic heterocycles. The molecule has 0 bridgehead atoms. The Morgan fingerprint density at radius 3 is 2.41 bits per heavy atom. The average Bonchev–Trinajstić information content (AvgIpc) is 2.55. The van der Waals surface area contributed by atoms with Crippen LogP contribution >= 0.6 is 0 Å². The predicted octanol–water partition coefficient (Wildman–Crippen LogP) is 1.94. The predicted molar refractivity (Wildman–Crippen MR) is 90.2 cm³/mol. The van der Waals surface area contributed by atoms with Crippen molar-refractivity contribution in [2.75, 3.05) is 38.0 Å². The van der Waals surface area contributed by atoms with Crippen molar-refractivity contribution in [2.24, 2.45) is 0 Å². The highest BCUT2D eigenvalue weighted by Gasteiger charge is 2.34. The molecule has 1 aromatic carbocycles. The van der Waals surface area contributed by atoms with Crippen molar-refractivity contribution in [2.45, 2.75) is 19.5 Å². The number of nitro benzene ring substituents is 1. The molecule has 0 unspecified atom stereocenters. The summed E-state index contributed by atoms with van der Waals surface area (Å²) in [5, 5.41) is 13.4. The van der Waals surface area contributed by atoms with Gasteiger partial charge in [-0.25, -0.2) is 0 Å². The molecule has 0 atom stereocenters. The van der Waals surface area contributed by atoms with Crippen LogP contribution in [-0.4, -0.2) is 65.4 Å². The second kappa shape index (κ2) is 8.33. The number of nitro groups is 1. The van der Waals surface area contributed by atoms with Crippen LogP contribution in [0.5, 0.6) is 0 Å². The molecule has 11 heteroatoms. The number of non-ortho nitro benzene ring substituents is 1. The fraction of sp³-hybridized carbons (Fsp3) is 0.500. The lowest BCUT2D eigenvalue weighted by molar-refractivity contribution is -0.384. The van der Waals surface area contributed by atoms with Crippen molar-refractivity contribution < 1.29 is 27.7 Å². The lowest BCUT2D eigenvalue weighted by Crippen LogP contribution is -2.51. The normalized spacial score (nSPS) is 15.5. The molecular weight excluding hydrogens is 369 g/mol. The molecule has 1 fully saturated rings. The van der Waals surface area contributed by atoms with E-state index in [1.807, 2.05) is 0 Å². The number of hydrogen-bond donors (Lipinski definition) is 1. The summed E-state index contributed by atoms with van der Waals surface area (Å²) in [4.78, 5) is 36.8. The van der Waals surface area contributed by atoms with E-state index in [9.17, 15) is 32.9 Å². The molecule has 0 spiro atoms. The number of benzene rings is 1. The first kappa shape index (κ1) is 20.6. The quantitative estimate of drug-likeness (QED) is 0.614. The van der Waals surface area contributed by atoms with E-state index in [0.29, 0.717) is 11.3 Å². The van der Waals surface area contributed by atoms with E-state index >= 15 is 0 Å². The summed E-state index contributed by atoms with van der Waals surface area (Å²) >= 11 is 0. The number of anilines is 1. The Morgan fingerprint density at radius 2 is 1.85 bits per heavy atom. The minimum absolute atomic E-state index is 0.0244. The summed E-state index contributed by atoms with van der Waals surface area (Å²) < 4.78 is 36.8. The monoisotopic (exact) mass is 388 g/mol. The Morgan fingerprint density at radius 1 is 1.22 bits per heavy atom. The zero-order valence-electron chi connectivity index (χ0n) is 14.6. The maximum Gasteiger partial charge on any atom is 0.397 e. The molecule has 1 aliphatic rings. The molecule has 1 N–H and O–H groups in total. The molecular formula is C16H19F3N4O4. The highest BCUT2D eigenvalue weighted by Crippen LogP contribution is 2.22. The molecule has 1 aromatic rings. The lowest BCUT2D eigenvalue weighted by Gasteiger charge is -2.34. The SMILES string of the molecule is Cc1ccc([N+](=O)[O-])cc1NC(=O)CN1CCN(C(=O)CC(F)(F)F)CC1. The molecule has 1 saturated heterocycles. The van der Waals surface area contributed by atoms with Crippen molar-refractivity contribution in [1.29, 1.82) is 0 Å². The number of carbonyl (C=O) groups is 2. The third kappa shape index (κ3) is 6.20. The van der Waals surface area contributed by atoms with E-state index in [4.69, 9.17) is 0 Å². The number of aryl methyl sites for hydroxylation is 1. The molecule has 8 nitrogen and oxygen atoms in total. The van der Waals surface area contributed by atoms with E-state index in [1.165, 1.54) is 18.2 Å². The third-order valence-electron chi connectivity index (χ3n) is 4.15. The van der Waals surface area contributed by atoms with Gasteiger partial charge in [0.25, 0.3) is 5.69 Å². The maximum absolute atomic E-state index is 12.3. The molecule has 0 aliphatic carbocycles. The zero-order valence-corrected chi connectivity index (χ0v) is 14.6. The van der Waals surface area contributed by atoms with Crippen LogP contribution < -0.4 is 5.32 Å². The van der Waals surface area contributed by atoms with Gasteiger partial charge < -0.3 is 10.2 Å². The van der Waals surface area contributed by atoms with Crippen LogP contribution in [0.2, 0.25) is 0 Å². The van der Waals surface area contributed by atoms with Crippen LogP contribution in [0.25, 0.3) is 0 Å². The first-order valence-electron chi connectivity index (χ1n) is 8.17. The molecule has 2 rings (SSSR count). The Kier molecular flexibility index (Phi) is 6.37. The van der Waals surface area contributed by atoms with Gasteiger partial charge in [-0.15, -0.1) is 0 Å². The highest BCUT2D eigenvalue weighted by molar-refractivity contribution is 5.93. The molecule has 1 heterocycles. The Hall–Kier alpha value is -2.69. The molecule has 148 valence electrons. The van der Waals surface area contributed by atoms with Gasteiger partial charge in [0.1, 0.15) is 6.42 Å². The summed E-state index contributed by atoms with van der Waals surface area (Å²) in [5.41, 5.74) is 0.845. The van der Waals surface area contributed by atoms with E-state index in [1.54, 1.807) is 11.8 Å². The van der Waals surface area contributed by atoms with Crippen LogP contribution in [0.15, 0.2) is 18.2 Å². The number of carbonyl (C=O) groups excluding carboxylic acids is 2. The van der Waals surface area contributed by atoms with Gasteiger partial charge in [-0.2, -0.15) is 13.2 Å². The topological polar surface area (TPSA) is 95.8 Å². The molecule has 0 radical (unpaired) electrons. The molecule has 2 amide bonds. The fourth-order valence-electron chi connectivity index (χ4n) is 2.69. The van der Waals surface area contributed by atoms with Crippen molar-refractivity contribution in [3.63, 3.8) is 0 Å². The van der Waals surface area contributed by atoms with Gasteiger partial charge in [0.2, 0.25) is 11.8 Å². The van der Waals surface area contributed by atoms with Gasteiger partial charge in [-0.3, -0.25) is 24.6 Å². The van der Waals surface area contributed by atoms with Crippen LogP contribution in [-0.2, 0) is 9.59 Å². The third-order valence-corrected chi connectivity index (χ3v) is 4.15. The average molecular weight is 388 g/mol. The number of rotatable bonds is 5. The molecule has 0 aromatic heterocycles. The van der Waals surface area contributed by atoms with Crippen molar-refractivity contribution >= 4 is 23.2 Å².